The van der Waals surface area contributed by atoms with E-state index in [4.69, 9.17) is 20.8 Å². The van der Waals surface area contributed by atoms with Crippen LogP contribution in [0.25, 0.3) is 0 Å². The molecule has 0 saturated carbocycles. The van der Waals surface area contributed by atoms with Gasteiger partial charge in [0.15, 0.2) is 0 Å². The Balaban J connectivity index is 4.72. The van der Waals surface area contributed by atoms with Crippen molar-refractivity contribution in [3.63, 3.8) is 0 Å². The summed E-state index contributed by atoms with van der Waals surface area (Å²) in [6, 6.07) is 0. The van der Waals surface area contributed by atoms with Gasteiger partial charge in [-0.05, 0) is 0 Å². The third-order valence-corrected chi connectivity index (χ3v) is 8.27. The van der Waals surface area contributed by atoms with Crippen molar-refractivity contribution in [2.45, 2.75) is 38.5 Å². The molecule has 0 aliphatic heterocycles. The van der Waals surface area contributed by atoms with Crippen LogP contribution in [0.2, 0.25) is 0 Å². The van der Waals surface area contributed by atoms with Gasteiger partial charge < -0.3 is 62.5 Å². The maximum atomic E-state index is 12.6. The molecule has 0 saturated heterocycles. The Kier molecular flexibility index (Phi) is 34.2. The number of rotatable bonds is 37. The number of amides is 6. The fourth-order valence-electron chi connectivity index (χ4n) is 4.75. The van der Waals surface area contributed by atoms with E-state index in [1.54, 1.807) is 0 Å². The normalized spacial score (nSPS) is 11.1. The molecular weight excluding hydrogens is 746 g/mol. The molecule has 14 N–H and O–H groups in total. The van der Waals surface area contributed by atoms with Crippen LogP contribution in [-0.4, -0.2) is 195 Å². The molecule has 23 nitrogen and oxygen atoms in total. The van der Waals surface area contributed by atoms with E-state index in [2.05, 4.69) is 44.5 Å². The fraction of sp³-hybridized carbons (Fsp3) is 0.806. The Labute approximate surface area is 328 Å². The first-order valence-corrected chi connectivity index (χ1v) is 19.1. The van der Waals surface area contributed by atoms with Gasteiger partial charge in [-0.3, -0.25) is 33.7 Å². The van der Waals surface area contributed by atoms with Gasteiger partial charge in [-0.1, -0.05) is 0 Å². The highest BCUT2D eigenvalue weighted by atomic mass is 32.1. The van der Waals surface area contributed by atoms with E-state index in [1.807, 2.05) is 36.6 Å². The summed E-state index contributed by atoms with van der Waals surface area (Å²) in [7, 11) is 0. The van der Waals surface area contributed by atoms with E-state index < -0.39 is 0 Å². The largest absolute Gasteiger partial charge is 0.355 e. The van der Waals surface area contributed by atoms with Crippen molar-refractivity contribution >= 4 is 48.1 Å². The maximum Gasteiger partial charge on any atom is 0.221 e. The predicted molar refractivity (Wildman–Crippen MR) is 203 cm³/mol. The van der Waals surface area contributed by atoms with Gasteiger partial charge >= 0.3 is 0 Å². The first kappa shape index (κ1) is 51.7. The number of carbonyl (C=O) groups is 6. The summed E-state index contributed by atoms with van der Waals surface area (Å²) in [5.74, 6) is -0.982. The van der Waals surface area contributed by atoms with Crippen LogP contribution in [0.1, 0.15) is 38.5 Å². The number of hydroxylamine groups is 4. The molecule has 6 amide bonds. The minimum Gasteiger partial charge on any atom is -0.355 e. The van der Waals surface area contributed by atoms with Crippen molar-refractivity contribution in [2.75, 3.05) is 124 Å². The van der Waals surface area contributed by atoms with Crippen molar-refractivity contribution < 1.29 is 49.6 Å². The summed E-state index contributed by atoms with van der Waals surface area (Å²) < 4.78 is 0. The molecule has 24 heteroatoms. The lowest BCUT2D eigenvalue weighted by Crippen LogP contribution is -2.41. The van der Waals surface area contributed by atoms with Crippen LogP contribution in [0.15, 0.2) is 0 Å². The molecule has 0 radical (unpaired) electrons. The Morgan fingerprint density at radius 1 is 0.327 bits per heavy atom. The van der Waals surface area contributed by atoms with Gasteiger partial charge in [-0.25, -0.2) is 21.9 Å². The number of nitrogens with one attached hydrogen (secondary N) is 10. The summed E-state index contributed by atoms with van der Waals surface area (Å²) >= 11 is 4.34. The first-order chi connectivity index (χ1) is 26.6. The van der Waals surface area contributed by atoms with Gasteiger partial charge in [0.1, 0.15) is 0 Å². The fourth-order valence-corrected chi connectivity index (χ4v) is 5.03. The second-order valence-electron chi connectivity index (χ2n) is 12.2. The van der Waals surface area contributed by atoms with Crippen LogP contribution < -0.4 is 53.8 Å². The van der Waals surface area contributed by atoms with Crippen molar-refractivity contribution in [2.24, 2.45) is 0 Å². The monoisotopic (exact) mass is 811 g/mol. The first-order valence-electron chi connectivity index (χ1n) is 18.4. The zero-order valence-electron chi connectivity index (χ0n) is 31.7. The minimum absolute atomic E-state index is 0.158. The molecule has 0 aromatic rings. The van der Waals surface area contributed by atoms with Crippen LogP contribution in [0, 0.1) is 0 Å². The van der Waals surface area contributed by atoms with E-state index in [1.165, 1.54) is 0 Å². The minimum atomic E-state index is -0.220. The molecule has 320 valence electrons. The SMILES string of the molecule is O=C(CCN(CS)CCC(=O)NCCN(CCC(=O)NCCNO)CCC(=O)NCCNO)NCCN(CCC(=O)NCCNO)CCC(=O)NCCNO. The zero-order valence-corrected chi connectivity index (χ0v) is 32.6. The summed E-state index contributed by atoms with van der Waals surface area (Å²) in [5, 5.41) is 51.0. The molecule has 0 fully saturated rings. The molecule has 0 aliphatic rings. The molecule has 0 heterocycles. The lowest BCUT2D eigenvalue weighted by Gasteiger charge is -2.23. The van der Waals surface area contributed by atoms with Gasteiger partial charge in [0.05, 0.1) is 0 Å². The molecule has 0 aromatic heterocycles. The standard InChI is InChI=1S/C31H65N13O10S/c45-26(32-7-11-38-51)1-17-42(18-2-27(46)33-8-12-39-52)23-15-36-30(49)5-21-44(25-55)22-6-31(50)37-16-24-43(19-3-28(47)34-9-13-40-53)20-4-29(48)35-10-14-41-54/h38-41,51-55H,1-25H2,(H,32,45)(H,33,46)(H,34,47)(H,35,48)(H,36,49)(H,37,50). The van der Waals surface area contributed by atoms with Gasteiger partial charge in [-0.15, -0.1) is 0 Å². The highest BCUT2D eigenvalue weighted by molar-refractivity contribution is 7.80. The Bertz CT molecular complexity index is 941. The lowest BCUT2D eigenvalue weighted by atomic mass is 10.3. The Morgan fingerprint density at radius 3 is 0.764 bits per heavy atom. The van der Waals surface area contributed by atoms with Crippen LogP contribution in [-0.2, 0) is 28.8 Å². The molecule has 0 atom stereocenters. The summed E-state index contributed by atoms with van der Waals surface area (Å²) in [6.07, 6.45) is 0.955. The quantitative estimate of drug-likeness (QED) is 0.0121. The molecule has 0 aliphatic carbocycles. The molecular formula is C31H65N13O10S. The molecule has 0 aromatic carbocycles. The Morgan fingerprint density at radius 2 is 0.545 bits per heavy atom. The number of hydrogen-bond acceptors (Lipinski definition) is 18. The average molecular weight is 812 g/mol. The van der Waals surface area contributed by atoms with Gasteiger partial charge in [0.2, 0.25) is 35.4 Å². The molecule has 0 spiro atoms. The zero-order chi connectivity index (χ0) is 40.9. The van der Waals surface area contributed by atoms with Crippen molar-refractivity contribution in [3.8, 4) is 0 Å². The van der Waals surface area contributed by atoms with Crippen LogP contribution in [0.4, 0.5) is 0 Å². The lowest BCUT2D eigenvalue weighted by molar-refractivity contribution is -0.123. The van der Waals surface area contributed by atoms with E-state index in [9.17, 15) is 28.8 Å². The average Bonchev–Trinajstić information content (AvgIpc) is 3.16. The highest BCUT2D eigenvalue weighted by Gasteiger charge is 2.15. The van der Waals surface area contributed by atoms with Crippen LogP contribution >= 0.6 is 12.6 Å². The topological polar surface area (TPSA) is 313 Å². The third-order valence-electron chi connectivity index (χ3n) is 7.87. The number of hydrogen-bond donors (Lipinski definition) is 15. The van der Waals surface area contributed by atoms with E-state index in [0.29, 0.717) is 58.2 Å². The summed E-state index contributed by atoms with van der Waals surface area (Å²) in [4.78, 5) is 79.3. The van der Waals surface area contributed by atoms with Crippen LogP contribution in [0.3, 0.4) is 0 Å². The van der Waals surface area contributed by atoms with Crippen molar-refractivity contribution in [1.82, 2.24) is 68.5 Å². The van der Waals surface area contributed by atoms with Crippen LogP contribution in [0.5, 0.6) is 0 Å². The smallest absolute Gasteiger partial charge is 0.221 e. The summed E-state index contributed by atoms with van der Waals surface area (Å²) in [5.41, 5.74) is 7.84. The highest BCUT2D eigenvalue weighted by Crippen LogP contribution is 2.00. The Hall–Kier alpha value is -3.27. The summed E-state index contributed by atoms with van der Waals surface area (Å²) in [6.45, 7) is 5.26. The molecule has 0 bridgehead atoms. The van der Waals surface area contributed by atoms with Crippen molar-refractivity contribution in [3.05, 3.63) is 0 Å². The van der Waals surface area contributed by atoms with Gasteiger partial charge in [-0.2, -0.15) is 12.6 Å². The second kappa shape index (κ2) is 36.4. The van der Waals surface area contributed by atoms with E-state index in [-0.39, 0.29) is 139 Å². The maximum absolute atomic E-state index is 12.6. The molecule has 0 unspecified atom stereocenters. The van der Waals surface area contributed by atoms with Gasteiger partial charge in [0, 0.05) is 162 Å². The third kappa shape index (κ3) is 32.7. The van der Waals surface area contributed by atoms with E-state index in [0.717, 1.165) is 0 Å². The number of carbonyl (C=O) groups excluding carboxylic acids is 6. The molecule has 0 rings (SSSR count). The van der Waals surface area contributed by atoms with Gasteiger partial charge in [0.25, 0.3) is 0 Å². The second-order valence-corrected chi connectivity index (χ2v) is 12.5. The molecule has 55 heavy (non-hydrogen) atoms. The van der Waals surface area contributed by atoms with E-state index >= 15 is 0 Å². The number of nitrogens with zero attached hydrogens (tertiary/aromatic N) is 3. The number of thiol groups is 1. The predicted octanol–water partition coefficient (Wildman–Crippen LogP) is -5.27. The van der Waals surface area contributed by atoms with Crippen molar-refractivity contribution in [1.29, 1.82) is 0 Å².